The smallest absolute Gasteiger partial charge is 0.238 e. The van der Waals surface area contributed by atoms with E-state index >= 15 is 0 Å². The van der Waals surface area contributed by atoms with Gasteiger partial charge in [0.1, 0.15) is 6.04 Å². The number of likely N-dealkylation sites (N-methyl/N-ethyl adjacent to an activating group) is 1. The zero-order valence-electron chi connectivity index (χ0n) is 13.3. The molecule has 21 heavy (non-hydrogen) atoms. The lowest BCUT2D eigenvalue weighted by atomic mass is 10.1. The number of rotatable bonds is 6. The first-order valence-electron chi connectivity index (χ1n) is 7.92. The molecule has 1 saturated heterocycles. The summed E-state index contributed by atoms with van der Waals surface area (Å²) in [7, 11) is 0. The van der Waals surface area contributed by atoms with E-state index in [1.807, 2.05) is 17.8 Å². The number of hydrogen-bond donors (Lipinski definition) is 2. The van der Waals surface area contributed by atoms with Crippen molar-refractivity contribution >= 4 is 5.91 Å². The Bertz CT molecular complexity index is 459. The van der Waals surface area contributed by atoms with E-state index in [0.29, 0.717) is 19.1 Å². The zero-order valence-corrected chi connectivity index (χ0v) is 13.3. The molecule has 1 fully saturated rings. The lowest BCUT2D eigenvalue weighted by Gasteiger charge is -2.34. The molecular weight excluding hydrogens is 266 g/mol. The van der Waals surface area contributed by atoms with E-state index in [4.69, 9.17) is 0 Å². The molecule has 2 heterocycles. The molecule has 1 amide bonds. The summed E-state index contributed by atoms with van der Waals surface area (Å²) in [6, 6.07) is 2.37. The Kier molecular flexibility index (Phi) is 5.76. The largest absolute Gasteiger partial charge is 0.355 e. The first-order chi connectivity index (χ1) is 10.2. The summed E-state index contributed by atoms with van der Waals surface area (Å²) in [5.41, 5.74) is 1.03. The van der Waals surface area contributed by atoms with Crippen molar-refractivity contribution in [2.24, 2.45) is 0 Å². The Balaban J connectivity index is 2.01. The van der Waals surface area contributed by atoms with Gasteiger partial charge in [0.15, 0.2) is 0 Å². The van der Waals surface area contributed by atoms with Gasteiger partial charge in [0.25, 0.3) is 0 Å². The molecule has 6 nitrogen and oxygen atoms in total. The number of hydrogen-bond acceptors (Lipinski definition) is 4. The number of carbonyl (C=O) groups excluding carboxylic acids is 1. The molecular formula is C15H27N5O. The third kappa shape index (κ3) is 4.04. The molecule has 0 aromatic carbocycles. The van der Waals surface area contributed by atoms with Crippen LogP contribution in [0.1, 0.15) is 38.9 Å². The standard InChI is InChI=1S/C15H27N5O/c1-4-12(3)20-8-6-13(18-20)11-19-9-7-16-10-14(19)15(21)17-5-2/h6,8,12,14,16H,4-5,7,9-11H2,1-3H3,(H,17,21). The molecule has 118 valence electrons. The Hall–Kier alpha value is -1.40. The van der Waals surface area contributed by atoms with E-state index in [1.54, 1.807) is 0 Å². The third-order valence-corrected chi connectivity index (χ3v) is 4.08. The van der Waals surface area contributed by atoms with E-state index < -0.39 is 0 Å². The van der Waals surface area contributed by atoms with Crippen LogP contribution in [0.15, 0.2) is 12.3 Å². The summed E-state index contributed by atoms with van der Waals surface area (Å²) in [5, 5.41) is 10.8. The van der Waals surface area contributed by atoms with Gasteiger partial charge in [0.2, 0.25) is 5.91 Å². The van der Waals surface area contributed by atoms with E-state index in [-0.39, 0.29) is 11.9 Å². The minimum Gasteiger partial charge on any atom is -0.355 e. The quantitative estimate of drug-likeness (QED) is 0.813. The van der Waals surface area contributed by atoms with Crippen LogP contribution in [0, 0.1) is 0 Å². The van der Waals surface area contributed by atoms with Crippen molar-refractivity contribution in [1.29, 1.82) is 0 Å². The van der Waals surface area contributed by atoms with E-state index in [0.717, 1.165) is 31.7 Å². The predicted octanol–water partition coefficient (Wildman–Crippen LogP) is 0.764. The molecule has 2 rings (SSSR count). The highest BCUT2D eigenvalue weighted by atomic mass is 16.2. The van der Waals surface area contributed by atoms with Gasteiger partial charge in [0, 0.05) is 45.0 Å². The minimum absolute atomic E-state index is 0.103. The first kappa shape index (κ1) is 16.0. The molecule has 1 aromatic rings. The average molecular weight is 293 g/mol. The van der Waals surface area contributed by atoms with Crippen molar-refractivity contribution in [3.63, 3.8) is 0 Å². The third-order valence-electron chi connectivity index (χ3n) is 4.08. The van der Waals surface area contributed by atoms with Crippen molar-refractivity contribution in [3.05, 3.63) is 18.0 Å². The van der Waals surface area contributed by atoms with Gasteiger partial charge >= 0.3 is 0 Å². The van der Waals surface area contributed by atoms with Gasteiger partial charge in [0.05, 0.1) is 5.69 Å². The highest BCUT2D eigenvalue weighted by molar-refractivity contribution is 5.82. The van der Waals surface area contributed by atoms with Gasteiger partial charge in [-0.2, -0.15) is 5.10 Å². The Labute approximate surface area is 126 Å². The lowest BCUT2D eigenvalue weighted by Crippen LogP contribution is -2.57. The monoisotopic (exact) mass is 293 g/mol. The molecule has 0 radical (unpaired) electrons. The van der Waals surface area contributed by atoms with Crippen LogP contribution in [0.3, 0.4) is 0 Å². The summed E-state index contributed by atoms with van der Waals surface area (Å²) in [6.45, 7) is 10.2. The first-order valence-corrected chi connectivity index (χ1v) is 7.92. The van der Waals surface area contributed by atoms with Crippen molar-refractivity contribution in [1.82, 2.24) is 25.3 Å². The van der Waals surface area contributed by atoms with E-state index in [2.05, 4.69) is 40.5 Å². The molecule has 1 aliphatic heterocycles. The van der Waals surface area contributed by atoms with Gasteiger partial charge in [-0.05, 0) is 26.3 Å². The van der Waals surface area contributed by atoms with Crippen LogP contribution >= 0.6 is 0 Å². The molecule has 1 aliphatic rings. The second-order valence-corrected chi connectivity index (χ2v) is 5.63. The predicted molar refractivity (Wildman–Crippen MR) is 83.0 cm³/mol. The summed E-state index contributed by atoms with van der Waals surface area (Å²) >= 11 is 0. The van der Waals surface area contributed by atoms with Crippen molar-refractivity contribution in [2.45, 2.75) is 45.8 Å². The molecule has 2 unspecified atom stereocenters. The number of amides is 1. The molecule has 2 N–H and O–H groups in total. The lowest BCUT2D eigenvalue weighted by molar-refractivity contribution is -0.127. The zero-order chi connectivity index (χ0) is 15.2. The Morgan fingerprint density at radius 1 is 1.57 bits per heavy atom. The summed E-state index contributed by atoms with van der Waals surface area (Å²) in [4.78, 5) is 14.4. The molecule has 0 bridgehead atoms. The number of nitrogens with zero attached hydrogens (tertiary/aromatic N) is 3. The van der Waals surface area contributed by atoms with Gasteiger partial charge in [-0.25, -0.2) is 0 Å². The number of carbonyl (C=O) groups is 1. The topological polar surface area (TPSA) is 62.2 Å². The average Bonchev–Trinajstić information content (AvgIpc) is 2.96. The normalized spacial score (nSPS) is 21.2. The molecule has 0 saturated carbocycles. The number of aromatic nitrogens is 2. The molecule has 2 atom stereocenters. The molecule has 0 spiro atoms. The fourth-order valence-corrected chi connectivity index (χ4v) is 2.59. The van der Waals surface area contributed by atoms with Gasteiger partial charge < -0.3 is 10.6 Å². The number of nitrogens with one attached hydrogen (secondary N) is 2. The maximum absolute atomic E-state index is 12.1. The van der Waals surface area contributed by atoms with Crippen LogP contribution in [0.2, 0.25) is 0 Å². The van der Waals surface area contributed by atoms with Gasteiger partial charge in [-0.15, -0.1) is 0 Å². The second-order valence-electron chi connectivity index (χ2n) is 5.63. The Morgan fingerprint density at radius 2 is 2.38 bits per heavy atom. The maximum Gasteiger partial charge on any atom is 0.238 e. The van der Waals surface area contributed by atoms with Crippen LogP contribution in [-0.4, -0.2) is 52.8 Å². The van der Waals surface area contributed by atoms with Crippen LogP contribution in [0.5, 0.6) is 0 Å². The molecule has 1 aromatic heterocycles. The number of piperazine rings is 1. The summed E-state index contributed by atoms with van der Waals surface area (Å²) in [6.07, 6.45) is 3.10. The fraction of sp³-hybridized carbons (Fsp3) is 0.733. The van der Waals surface area contributed by atoms with Gasteiger partial charge in [-0.3, -0.25) is 14.4 Å². The molecule has 0 aliphatic carbocycles. The van der Waals surface area contributed by atoms with Crippen LogP contribution < -0.4 is 10.6 Å². The van der Waals surface area contributed by atoms with Gasteiger partial charge in [-0.1, -0.05) is 6.92 Å². The second kappa shape index (κ2) is 7.56. The van der Waals surface area contributed by atoms with Crippen LogP contribution in [0.25, 0.3) is 0 Å². The highest BCUT2D eigenvalue weighted by Crippen LogP contribution is 2.13. The Morgan fingerprint density at radius 3 is 3.10 bits per heavy atom. The van der Waals surface area contributed by atoms with Crippen LogP contribution in [-0.2, 0) is 11.3 Å². The minimum atomic E-state index is -0.104. The van der Waals surface area contributed by atoms with Crippen molar-refractivity contribution < 1.29 is 4.79 Å². The van der Waals surface area contributed by atoms with Crippen LogP contribution in [0.4, 0.5) is 0 Å². The fourth-order valence-electron chi connectivity index (χ4n) is 2.59. The summed E-state index contributed by atoms with van der Waals surface area (Å²) < 4.78 is 2.01. The van der Waals surface area contributed by atoms with Crippen molar-refractivity contribution in [3.8, 4) is 0 Å². The SMILES string of the molecule is CCNC(=O)C1CNCCN1Cc1ccn(C(C)CC)n1. The van der Waals surface area contributed by atoms with E-state index in [1.165, 1.54) is 0 Å². The summed E-state index contributed by atoms with van der Waals surface area (Å²) in [5.74, 6) is 0.103. The van der Waals surface area contributed by atoms with E-state index in [9.17, 15) is 4.79 Å². The highest BCUT2D eigenvalue weighted by Gasteiger charge is 2.28. The molecule has 6 heteroatoms. The van der Waals surface area contributed by atoms with Crippen molar-refractivity contribution in [2.75, 3.05) is 26.2 Å². The maximum atomic E-state index is 12.1.